The van der Waals surface area contributed by atoms with Crippen LogP contribution in [0.4, 0.5) is 4.79 Å². The number of unbranched alkanes of at least 4 members (excludes halogenated alkanes) is 2. The Morgan fingerprint density at radius 2 is 2.00 bits per heavy atom. The summed E-state index contributed by atoms with van der Waals surface area (Å²) in [4.78, 5) is 36.3. The number of rotatable bonds is 8. The molecule has 0 saturated carbocycles. The number of nitrogens with zero attached hydrogens (tertiary/aromatic N) is 1. The van der Waals surface area contributed by atoms with Gasteiger partial charge in [-0.05, 0) is 46.0 Å². The van der Waals surface area contributed by atoms with Gasteiger partial charge in [0, 0.05) is 38.7 Å². The number of carbonyl (C=O) groups is 3. The van der Waals surface area contributed by atoms with Gasteiger partial charge < -0.3 is 15.0 Å². The highest BCUT2D eigenvalue weighted by molar-refractivity contribution is 8.13. The SMILES string of the molecule is CC(=O)SCC1CC(=O)N(CCCCCNC(=O)OC(C)(C)C)C1. The van der Waals surface area contributed by atoms with Crippen LogP contribution in [0.5, 0.6) is 0 Å². The van der Waals surface area contributed by atoms with E-state index in [-0.39, 0.29) is 17.1 Å². The second-order valence-electron chi connectivity index (χ2n) is 7.20. The summed E-state index contributed by atoms with van der Waals surface area (Å²) in [5.41, 5.74) is -0.475. The molecule has 0 aromatic heterocycles. The van der Waals surface area contributed by atoms with E-state index in [0.29, 0.717) is 18.9 Å². The predicted octanol–water partition coefficient (Wildman–Crippen LogP) is 2.81. The summed E-state index contributed by atoms with van der Waals surface area (Å²) in [6.07, 6.45) is 2.91. The molecule has 1 fully saturated rings. The zero-order valence-electron chi connectivity index (χ0n) is 15.2. The molecule has 1 atom stereocenters. The molecule has 1 unspecified atom stereocenters. The van der Waals surface area contributed by atoms with E-state index in [2.05, 4.69) is 5.32 Å². The Hall–Kier alpha value is -1.24. The number of likely N-dealkylation sites (tertiary alicyclic amines) is 1. The van der Waals surface area contributed by atoms with E-state index in [9.17, 15) is 14.4 Å². The van der Waals surface area contributed by atoms with Crippen molar-refractivity contribution in [1.29, 1.82) is 0 Å². The van der Waals surface area contributed by atoms with Crippen molar-refractivity contribution in [3.8, 4) is 0 Å². The summed E-state index contributed by atoms with van der Waals surface area (Å²) < 4.78 is 5.16. The number of nitrogens with one attached hydrogen (secondary N) is 1. The van der Waals surface area contributed by atoms with Crippen LogP contribution in [0, 0.1) is 5.92 Å². The van der Waals surface area contributed by atoms with E-state index < -0.39 is 5.60 Å². The van der Waals surface area contributed by atoms with Crippen molar-refractivity contribution in [2.24, 2.45) is 5.92 Å². The number of hydrogen-bond donors (Lipinski definition) is 1. The van der Waals surface area contributed by atoms with Crippen LogP contribution in [0.15, 0.2) is 0 Å². The van der Waals surface area contributed by atoms with Gasteiger partial charge in [0.1, 0.15) is 5.60 Å². The molecule has 0 aromatic rings. The van der Waals surface area contributed by atoms with Crippen molar-refractivity contribution in [2.45, 2.75) is 59.0 Å². The van der Waals surface area contributed by atoms with E-state index in [0.717, 1.165) is 38.1 Å². The molecule has 1 heterocycles. The van der Waals surface area contributed by atoms with E-state index in [1.165, 1.54) is 11.8 Å². The molecule has 0 aromatic carbocycles. The molecule has 1 N–H and O–H groups in total. The van der Waals surface area contributed by atoms with E-state index in [1.807, 2.05) is 25.7 Å². The first-order valence-corrected chi connectivity index (χ1v) is 9.54. The minimum Gasteiger partial charge on any atom is -0.444 e. The summed E-state index contributed by atoms with van der Waals surface area (Å²) in [7, 11) is 0. The van der Waals surface area contributed by atoms with Gasteiger partial charge >= 0.3 is 6.09 Å². The first-order chi connectivity index (χ1) is 11.2. The topological polar surface area (TPSA) is 75.7 Å². The number of thioether (sulfide) groups is 1. The van der Waals surface area contributed by atoms with Crippen molar-refractivity contribution in [3.05, 3.63) is 0 Å². The zero-order chi connectivity index (χ0) is 18.2. The van der Waals surface area contributed by atoms with Crippen molar-refractivity contribution < 1.29 is 19.1 Å². The van der Waals surface area contributed by atoms with Crippen molar-refractivity contribution in [2.75, 3.05) is 25.4 Å². The van der Waals surface area contributed by atoms with Crippen LogP contribution in [0.1, 0.15) is 53.4 Å². The molecule has 24 heavy (non-hydrogen) atoms. The summed E-state index contributed by atoms with van der Waals surface area (Å²) >= 11 is 1.30. The molecule has 0 bridgehead atoms. The second kappa shape index (κ2) is 9.91. The van der Waals surface area contributed by atoms with Crippen molar-refractivity contribution >= 4 is 28.9 Å². The van der Waals surface area contributed by atoms with Gasteiger partial charge in [0.2, 0.25) is 5.91 Å². The fourth-order valence-corrected chi connectivity index (χ4v) is 3.22. The third-order valence-corrected chi connectivity index (χ3v) is 4.63. The molecular weight excluding hydrogens is 328 g/mol. The largest absolute Gasteiger partial charge is 0.444 e. The zero-order valence-corrected chi connectivity index (χ0v) is 16.0. The van der Waals surface area contributed by atoms with Crippen LogP contribution >= 0.6 is 11.8 Å². The molecule has 0 spiro atoms. The molecule has 0 radical (unpaired) electrons. The molecule has 1 saturated heterocycles. The summed E-state index contributed by atoms with van der Waals surface area (Å²) in [5, 5.41) is 2.84. The van der Waals surface area contributed by atoms with Gasteiger partial charge in [-0.2, -0.15) is 0 Å². The Balaban J connectivity index is 2.08. The van der Waals surface area contributed by atoms with E-state index in [1.54, 1.807) is 6.92 Å². The summed E-state index contributed by atoms with van der Waals surface area (Å²) in [6, 6.07) is 0. The van der Waals surface area contributed by atoms with Crippen LogP contribution in [-0.4, -0.2) is 53.0 Å². The van der Waals surface area contributed by atoms with Crippen LogP contribution < -0.4 is 5.32 Å². The maximum absolute atomic E-state index is 11.9. The Kier molecular flexibility index (Phi) is 8.59. The Labute approximate surface area is 149 Å². The molecule has 2 amide bonds. The highest BCUT2D eigenvalue weighted by Crippen LogP contribution is 2.22. The number of ether oxygens (including phenoxy) is 1. The third kappa shape index (κ3) is 9.15. The molecule has 138 valence electrons. The highest BCUT2D eigenvalue weighted by Gasteiger charge is 2.29. The lowest BCUT2D eigenvalue weighted by Crippen LogP contribution is -2.33. The Morgan fingerprint density at radius 3 is 2.62 bits per heavy atom. The monoisotopic (exact) mass is 358 g/mol. The number of amides is 2. The van der Waals surface area contributed by atoms with E-state index >= 15 is 0 Å². The van der Waals surface area contributed by atoms with Crippen LogP contribution in [0.2, 0.25) is 0 Å². The van der Waals surface area contributed by atoms with Crippen LogP contribution in [-0.2, 0) is 14.3 Å². The number of alkyl carbamates (subject to hydrolysis) is 1. The average molecular weight is 359 g/mol. The normalized spacial score (nSPS) is 17.9. The lowest BCUT2D eigenvalue weighted by atomic mass is 10.1. The minimum atomic E-state index is -0.475. The molecule has 0 aliphatic carbocycles. The fourth-order valence-electron chi connectivity index (χ4n) is 2.53. The van der Waals surface area contributed by atoms with Gasteiger partial charge in [0.05, 0.1) is 0 Å². The molecular formula is C17H30N2O4S. The first-order valence-electron chi connectivity index (χ1n) is 8.55. The standard InChI is InChI=1S/C17H30N2O4S/c1-13(20)24-12-14-10-15(21)19(11-14)9-7-5-6-8-18-16(22)23-17(2,3)4/h14H,5-12H2,1-4H3,(H,18,22). The molecule has 1 aliphatic heterocycles. The number of hydrogen-bond acceptors (Lipinski definition) is 5. The van der Waals surface area contributed by atoms with Gasteiger partial charge in [-0.1, -0.05) is 11.8 Å². The van der Waals surface area contributed by atoms with Gasteiger partial charge in [-0.25, -0.2) is 4.79 Å². The van der Waals surface area contributed by atoms with Crippen molar-refractivity contribution in [1.82, 2.24) is 10.2 Å². The van der Waals surface area contributed by atoms with Gasteiger partial charge in [0.15, 0.2) is 5.12 Å². The van der Waals surface area contributed by atoms with Crippen LogP contribution in [0.25, 0.3) is 0 Å². The molecule has 1 aliphatic rings. The maximum Gasteiger partial charge on any atom is 0.407 e. The van der Waals surface area contributed by atoms with Crippen LogP contribution in [0.3, 0.4) is 0 Å². The first kappa shape index (κ1) is 20.8. The maximum atomic E-state index is 11.9. The molecule has 6 nitrogen and oxygen atoms in total. The Morgan fingerprint density at radius 1 is 1.29 bits per heavy atom. The number of carbonyl (C=O) groups excluding carboxylic acids is 3. The lowest BCUT2D eigenvalue weighted by molar-refractivity contribution is -0.127. The Bertz CT molecular complexity index is 448. The van der Waals surface area contributed by atoms with Crippen molar-refractivity contribution in [3.63, 3.8) is 0 Å². The predicted molar refractivity (Wildman–Crippen MR) is 95.9 cm³/mol. The highest BCUT2D eigenvalue weighted by atomic mass is 32.2. The second-order valence-corrected chi connectivity index (χ2v) is 8.40. The summed E-state index contributed by atoms with van der Waals surface area (Å²) in [5.74, 6) is 1.22. The van der Waals surface area contributed by atoms with Gasteiger partial charge in [0.25, 0.3) is 0 Å². The summed E-state index contributed by atoms with van der Waals surface area (Å²) in [6.45, 7) is 9.17. The average Bonchev–Trinajstić information content (AvgIpc) is 2.79. The smallest absolute Gasteiger partial charge is 0.407 e. The lowest BCUT2D eigenvalue weighted by Gasteiger charge is -2.19. The van der Waals surface area contributed by atoms with Gasteiger partial charge in [-0.15, -0.1) is 0 Å². The quantitative estimate of drug-likeness (QED) is 0.675. The fraction of sp³-hybridized carbons (Fsp3) is 0.824. The van der Waals surface area contributed by atoms with E-state index in [4.69, 9.17) is 4.74 Å². The molecule has 1 rings (SSSR count). The van der Waals surface area contributed by atoms with Gasteiger partial charge in [-0.3, -0.25) is 9.59 Å². The third-order valence-electron chi connectivity index (χ3n) is 3.59. The molecule has 7 heteroatoms. The minimum absolute atomic E-state index is 0.110.